The van der Waals surface area contributed by atoms with E-state index in [0.717, 1.165) is 71.0 Å². The SMILES string of the molecule is CC.CC(=O)OC(CC(C)(C)C)CC(C)(C)C.COC1CC(C)(C)NC(C)(C)C1.COCCCOC1CC(C)(C)NC(C)(C)C1.COCCOC1CC(C)(C)NC(C)(C)C1. The Morgan fingerprint density at radius 1 is 0.517 bits per heavy atom. The highest BCUT2D eigenvalue weighted by Crippen LogP contribution is 2.33. The molecule has 3 N–H and O–H groups in total. The summed E-state index contributed by atoms with van der Waals surface area (Å²) in [6.45, 7) is 48.4. The number of rotatable bonds is 13. The van der Waals surface area contributed by atoms with E-state index in [4.69, 9.17) is 28.4 Å². The molecule has 3 fully saturated rings. The van der Waals surface area contributed by atoms with Crippen LogP contribution in [0.1, 0.15) is 203 Å². The Morgan fingerprint density at radius 2 is 0.817 bits per heavy atom. The Balaban J connectivity index is 0. The highest BCUT2D eigenvalue weighted by Gasteiger charge is 2.40. The fraction of sp³-hybridized carbons (Fsp3) is 0.980. The minimum absolute atomic E-state index is 0.0440. The molecule has 362 valence electrons. The van der Waals surface area contributed by atoms with Crippen molar-refractivity contribution in [1.82, 2.24) is 16.0 Å². The molecule has 3 aliphatic rings. The van der Waals surface area contributed by atoms with Gasteiger partial charge in [-0.25, -0.2) is 0 Å². The third kappa shape index (κ3) is 32.8. The summed E-state index contributed by atoms with van der Waals surface area (Å²) in [5.41, 5.74) is 1.50. The number of carbonyl (C=O) groups excluding carboxylic acids is 1. The molecule has 60 heavy (non-hydrogen) atoms. The van der Waals surface area contributed by atoms with Gasteiger partial charge in [-0.1, -0.05) is 55.4 Å². The summed E-state index contributed by atoms with van der Waals surface area (Å²) in [7, 11) is 5.25. The summed E-state index contributed by atoms with van der Waals surface area (Å²) in [6, 6.07) is 0. The van der Waals surface area contributed by atoms with Crippen molar-refractivity contribution in [3.05, 3.63) is 0 Å². The van der Waals surface area contributed by atoms with Crippen LogP contribution in [0.5, 0.6) is 0 Å². The van der Waals surface area contributed by atoms with Crippen molar-refractivity contribution in [1.29, 1.82) is 0 Å². The molecule has 0 aromatic heterocycles. The van der Waals surface area contributed by atoms with Crippen LogP contribution in [0.2, 0.25) is 0 Å². The van der Waals surface area contributed by atoms with E-state index in [-0.39, 0.29) is 56.1 Å². The molecule has 0 bridgehead atoms. The lowest BCUT2D eigenvalue weighted by Crippen LogP contribution is -2.59. The van der Waals surface area contributed by atoms with Crippen molar-refractivity contribution < 1.29 is 33.2 Å². The molecule has 3 saturated heterocycles. The highest BCUT2D eigenvalue weighted by molar-refractivity contribution is 5.66. The van der Waals surface area contributed by atoms with Gasteiger partial charge in [0.15, 0.2) is 0 Å². The van der Waals surface area contributed by atoms with Gasteiger partial charge < -0.3 is 44.4 Å². The maximum absolute atomic E-state index is 11.0. The van der Waals surface area contributed by atoms with E-state index < -0.39 is 0 Å². The first-order valence-electron chi connectivity index (χ1n) is 23.3. The van der Waals surface area contributed by atoms with Crippen LogP contribution < -0.4 is 16.0 Å². The molecule has 0 atom stereocenters. The standard InChI is InChI=1S/C13H27NO2.C13H26O2.C12H25NO2.C10H21NO.C2H6/c1-12(2)9-11(10-13(3,4)14-12)16-8-6-7-15-5;1-10(14)15-11(8-12(2,3)4)9-13(5,6)7;1-11(2)8-10(15-7-6-14-5)9-12(3,4)13-11;1-9(2)6-8(12-5)7-10(3,4)11-9;1-2/h11,14H,6-10H2,1-5H3;11H,8-9H2,1-7H3;10,13H,6-9H2,1-5H3;8,11H,6-7H2,1-5H3;1-2H3. The first kappa shape index (κ1) is 61.2. The second-order valence-electron chi connectivity index (χ2n) is 23.8. The maximum Gasteiger partial charge on any atom is 0.302 e. The van der Waals surface area contributed by atoms with Gasteiger partial charge in [0, 0.05) is 74.7 Å². The first-order valence-corrected chi connectivity index (χ1v) is 23.3. The van der Waals surface area contributed by atoms with E-state index >= 15 is 0 Å². The molecule has 0 aromatic rings. The average Bonchev–Trinajstić information content (AvgIpc) is 2.99. The minimum Gasteiger partial charge on any atom is -0.463 e. The van der Waals surface area contributed by atoms with Gasteiger partial charge in [0.25, 0.3) is 0 Å². The molecule has 3 aliphatic heterocycles. The lowest BCUT2D eigenvalue weighted by atomic mass is 9.81. The molecule has 3 rings (SSSR count). The molecular weight excluding hydrogens is 755 g/mol. The number of nitrogens with one attached hydrogen (secondary N) is 3. The molecule has 0 spiro atoms. The molecule has 0 aliphatic carbocycles. The molecule has 0 aromatic carbocycles. The largest absolute Gasteiger partial charge is 0.463 e. The van der Waals surface area contributed by atoms with Gasteiger partial charge in [-0.2, -0.15) is 0 Å². The van der Waals surface area contributed by atoms with Crippen LogP contribution in [0.4, 0.5) is 0 Å². The van der Waals surface area contributed by atoms with E-state index in [2.05, 4.69) is 141 Å². The number of ether oxygens (including phenoxy) is 6. The molecule has 0 unspecified atom stereocenters. The fourth-order valence-corrected chi connectivity index (χ4v) is 9.60. The number of hydrogen-bond donors (Lipinski definition) is 3. The quantitative estimate of drug-likeness (QED) is 0.122. The van der Waals surface area contributed by atoms with Crippen molar-refractivity contribution in [2.24, 2.45) is 10.8 Å². The van der Waals surface area contributed by atoms with E-state index in [0.29, 0.717) is 31.5 Å². The van der Waals surface area contributed by atoms with Crippen molar-refractivity contribution in [3.63, 3.8) is 0 Å². The Labute approximate surface area is 373 Å². The van der Waals surface area contributed by atoms with Crippen molar-refractivity contribution in [3.8, 4) is 0 Å². The zero-order valence-electron chi connectivity index (χ0n) is 44.4. The van der Waals surface area contributed by atoms with Gasteiger partial charge in [0.05, 0.1) is 31.5 Å². The molecule has 0 radical (unpaired) electrons. The Morgan fingerprint density at radius 3 is 1.08 bits per heavy atom. The van der Waals surface area contributed by atoms with Crippen molar-refractivity contribution in [2.45, 2.75) is 261 Å². The summed E-state index contributed by atoms with van der Waals surface area (Å²) >= 11 is 0. The van der Waals surface area contributed by atoms with E-state index in [1.807, 2.05) is 21.0 Å². The van der Waals surface area contributed by atoms with E-state index in [9.17, 15) is 4.79 Å². The lowest BCUT2D eigenvalue weighted by Gasteiger charge is -2.46. The third-order valence-electron chi connectivity index (χ3n) is 10.3. The number of carbonyl (C=O) groups is 1. The Bertz CT molecular complexity index is 1070. The van der Waals surface area contributed by atoms with Crippen LogP contribution in [-0.2, 0) is 33.2 Å². The molecule has 10 heteroatoms. The zero-order valence-corrected chi connectivity index (χ0v) is 44.4. The monoisotopic (exact) mass is 860 g/mol. The van der Waals surface area contributed by atoms with Gasteiger partial charge in [0.1, 0.15) is 6.10 Å². The number of esters is 1. The maximum atomic E-state index is 11.0. The van der Waals surface area contributed by atoms with E-state index in [1.165, 1.54) is 6.92 Å². The van der Waals surface area contributed by atoms with Gasteiger partial charge in [-0.05, 0) is 152 Å². The molecular formula is C50H105N3O7. The van der Waals surface area contributed by atoms with Crippen molar-refractivity contribution >= 4 is 5.97 Å². The second kappa shape index (κ2) is 26.8. The molecule has 3 heterocycles. The van der Waals surface area contributed by atoms with E-state index in [1.54, 1.807) is 14.2 Å². The summed E-state index contributed by atoms with van der Waals surface area (Å²) < 4.78 is 32.6. The average molecular weight is 860 g/mol. The normalized spacial score (nSPS) is 22.0. The lowest BCUT2D eigenvalue weighted by molar-refractivity contribution is -0.149. The van der Waals surface area contributed by atoms with Gasteiger partial charge in [-0.3, -0.25) is 4.79 Å². The Kier molecular flexibility index (Phi) is 27.4. The van der Waals surface area contributed by atoms with Crippen LogP contribution in [0.15, 0.2) is 0 Å². The molecule has 0 saturated carbocycles. The summed E-state index contributed by atoms with van der Waals surface area (Å²) in [5.74, 6) is -0.173. The third-order valence-corrected chi connectivity index (χ3v) is 10.3. The van der Waals surface area contributed by atoms with Crippen LogP contribution >= 0.6 is 0 Å². The predicted molar refractivity (Wildman–Crippen MR) is 255 cm³/mol. The van der Waals surface area contributed by atoms with Crippen LogP contribution in [0.25, 0.3) is 0 Å². The van der Waals surface area contributed by atoms with Crippen LogP contribution in [-0.4, -0.2) is 111 Å². The summed E-state index contributed by atoms with van der Waals surface area (Å²) in [4.78, 5) is 11.0. The van der Waals surface area contributed by atoms with Crippen LogP contribution in [0.3, 0.4) is 0 Å². The van der Waals surface area contributed by atoms with Crippen molar-refractivity contribution in [2.75, 3.05) is 47.8 Å². The number of hydrogen-bond acceptors (Lipinski definition) is 10. The van der Waals surface area contributed by atoms with Crippen LogP contribution in [0, 0.1) is 10.8 Å². The van der Waals surface area contributed by atoms with Gasteiger partial charge in [-0.15, -0.1) is 0 Å². The zero-order chi connectivity index (χ0) is 47.4. The summed E-state index contributed by atoms with van der Waals surface area (Å²) in [5, 5.41) is 10.9. The predicted octanol–water partition coefficient (Wildman–Crippen LogP) is 11.1. The Hall–Kier alpha value is -0.850. The minimum atomic E-state index is -0.173. The number of methoxy groups -OCH3 is 3. The molecule has 0 amide bonds. The topological polar surface area (TPSA) is 109 Å². The summed E-state index contributed by atoms with van der Waals surface area (Å²) in [6.07, 6.45) is 10.5. The fourth-order valence-electron chi connectivity index (χ4n) is 9.60. The second-order valence-corrected chi connectivity index (χ2v) is 23.8. The van der Waals surface area contributed by atoms with Gasteiger partial charge >= 0.3 is 5.97 Å². The smallest absolute Gasteiger partial charge is 0.302 e. The highest BCUT2D eigenvalue weighted by atomic mass is 16.5. The number of piperidine rings is 3. The molecule has 10 nitrogen and oxygen atoms in total. The first-order chi connectivity index (χ1) is 27.0. The van der Waals surface area contributed by atoms with Gasteiger partial charge in [0.2, 0.25) is 0 Å².